The smallest absolute Gasteiger partial charge is 0.270 e. The molecule has 2 aromatic rings. The van der Waals surface area contributed by atoms with Gasteiger partial charge in [-0.15, -0.1) is 0 Å². The molecule has 0 unspecified atom stereocenters. The molecule has 0 aliphatic rings. The fraction of sp³-hybridized carbons (Fsp3) is 0. The molecule has 2 aromatic carbocycles. The lowest BCUT2D eigenvalue weighted by atomic mass is 10.2. The van der Waals surface area contributed by atoms with E-state index in [1.807, 2.05) is 12.1 Å². The Kier molecular flexibility index (Phi) is 4.84. The summed E-state index contributed by atoms with van der Waals surface area (Å²) in [5.74, 6) is -0.306. The van der Waals surface area contributed by atoms with Crippen LogP contribution in [-0.4, -0.2) is 10.8 Å². The molecule has 2 rings (SSSR count). The van der Waals surface area contributed by atoms with Crippen LogP contribution in [0, 0.1) is 10.1 Å². The molecule has 0 atom stereocenters. The molecule has 21 heavy (non-hydrogen) atoms. The highest BCUT2D eigenvalue weighted by atomic mass is 79.9. The number of halogens is 1. The van der Waals surface area contributed by atoms with Gasteiger partial charge >= 0.3 is 0 Å². The Balaban J connectivity index is 2.05. The van der Waals surface area contributed by atoms with E-state index >= 15 is 0 Å². The van der Waals surface area contributed by atoms with Crippen molar-refractivity contribution < 1.29 is 9.72 Å². The fourth-order valence-electron chi connectivity index (χ4n) is 1.66. The highest BCUT2D eigenvalue weighted by molar-refractivity contribution is 9.10. The molecule has 0 aliphatic heterocycles. The van der Waals surface area contributed by atoms with Crippen LogP contribution >= 0.6 is 15.9 Å². The number of nitrogens with zero attached hydrogens (tertiary/aromatic N) is 1. The molecule has 0 aliphatic carbocycles. The first-order chi connectivity index (χ1) is 10.0. The lowest BCUT2D eigenvalue weighted by Crippen LogP contribution is -2.07. The predicted octanol–water partition coefficient (Wildman–Crippen LogP) is 4.01. The molecule has 0 bridgehead atoms. The number of carbonyl (C=O) groups excluding carboxylic acids is 1. The Bertz CT molecular complexity index is 714. The number of benzene rings is 2. The minimum absolute atomic E-state index is 0.00968. The van der Waals surface area contributed by atoms with Crippen molar-refractivity contribution in [1.29, 1.82) is 0 Å². The molecule has 0 spiro atoms. The average Bonchev–Trinajstić information content (AvgIpc) is 2.45. The molecule has 5 nitrogen and oxygen atoms in total. The van der Waals surface area contributed by atoms with E-state index in [9.17, 15) is 14.9 Å². The highest BCUT2D eigenvalue weighted by Gasteiger charge is 2.04. The Morgan fingerprint density at radius 2 is 1.95 bits per heavy atom. The van der Waals surface area contributed by atoms with E-state index in [0.717, 1.165) is 4.47 Å². The normalized spacial score (nSPS) is 10.5. The van der Waals surface area contributed by atoms with Crippen molar-refractivity contribution >= 4 is 39.3 Å². The molecule has 0 heterocycles. The summed E-state index contributed by atoms with van der Waals surface area (Å²) in [7, 11) is 0. The molecule has 0 aromatic heterocycles. The fourth-order valence-corrected chi connectivity index (χ4v) is 2.06. The summed E-state index contributed by atoms with van der Waals surface area (Å²) in [6.07, 6.45) is 2.86. The lowest BCUT2D eigenvalue weighted by Gasteiger charge is -2.02. The summed E-state index contributed by atoms with van der Waals surface area (Å²) in [6, 6.07) is 13.3. The van der Waals surface area contributed by atoms with Crippen molar-refractivity contribution in [3.63, 3.8) is 0 Å². The van der Waals surface area contributed by atoms with Gasteiger partial charge in [0.25, 0.3) is 5.69 Å². The second-order valence-corrected chi connectivity index (χ2v) is 5.10. The van der Waals surface area contributed by atoms with Crippen LogP contribution in [0.25, 0.3) is 6.08 Å². The molecular weight excluding hydrogens is 336 g/mol. The van der Waals surface area contributed by atoms with Crippen LogP contribution in [-0.2, 0) is 4.79 Å². The van der Waals surface area contributed by atoms with Crippen LogP contribution in [0.5, 0.6) is 0 Å². The zero-order valence-corrected chi connectivity index (χ0v) is 12.4. The van der Waals surface area contributed by atoms with Crippen molar-refractivity contribution in [3.8, 4) is 0 Å². The summed E-state index contributed by atoms with van der Waals surface area (Å²) in [4.78, 5) is 22.0. The number of carbonyl (C=O) groups is 1. The third kappa shape index (κ3) is 4.54. The van der Waals surface area contributed by atoms with Gasteiger partial charge in [-0.1, -0.05) is 34.1 Å². The molecule has 1 amide bonds. The topological polar surface area (TPSA) is 72.2 Å². The van der Waals surface area contributed by atoms with Gasteiger partial charge in [0, 0.05) is 28.4 Å². The van der Waals surface area contributed by atoms with Gasteiger partial charge < -0.3 is 5.32 Å². The van der Waals surface area contributed by atoms with E-state index in [-0.39, 0.29) is 11.6 Å². The van der Waals surface area contributed by atoms with Crippen LogP contribution in [0.1, 0.15) is 5.56 Å². The van der Waals surface area contributed by atoms with Crippen LogP contribution in [0.3, 0.4) is 0 Å². The van der Waals surface area contributed by atoms with Gasteiger partial charge in [0.2, 0.25) is 5.91 Å². The third-order valence-electron chi connectivity index (χ3n) is 2.60. The van der Waals surface area contributed by atoms with Gasteiger partial charge in [-0.3, -0.25) is 14.9 Å². The Morgan fingerprint density at radius 1 is 1.19 bits per heavy atom. The Hall–Kier alpha value is -2.47. The quantitative estimate of drug-likeness (QED) is 0.516. The maximum atomic E-state index is 11.8. The zero-order valence-electron chi connectivity index (χ0n) is 10.8. The van der Waals surface area contributed by atoms with Crippen molar-refractivity contribution in [1.82, 2.24) is 0 Å². The second-order valence-electron chi connectivity index (χ2n) is 4.19. The van der Waals surface area contributed by atoms with E-state index < -0.39 is 4.92 Å². The maximum Gasteiger partial charge on any atom is 0.270 e. The molecule has 0 saturated heterocycles. The first-order valence-electron chi connectivity index (χ1n) is 6.04. The number of anilines is 1. The van der Waals surface area contributed by atoms with Crippen molar-refractivity contribution in [2.75, 3.05) is 5.32 Å². The van der Waals surface area contributed by atoms with Gasteiger partial charge in [0.15, 0.2) is 0 Å². The Morgan fingerprint density at radius 3 is 2.67 bits per heavy atom. The van der Waals surface area contributed by atoms with E-state index in [0.29, 0.717) is 11.3 Å². The summed E-state index contributed by atoms with van der Waals surface area (Å²) >= 11 is 3.32. The van der Waals surface area contributed by atoms with Gasteiger partial charge in [0.1, 0.15) is 0 Å². The van der Waals surface area contributed by atoms with E-state index in [1.54, 1.807) is 24.3 Å². The molecule has 6 heteroatoms. The van der Waals surface area contributed by atoms with Crippen molar-refractivity contribution in [2.24, 2.45) is 0 Å². The summed E-state index contributed by atoms with van der Waals surface area (Å²) in [5, 5.41) is 13.4. The van der Waals surface area contributed by atoms with Gasteiger partial charge in [0.05, 0.1) is 4.92 Å². The minimum Gasteiger partial charge on any atom is -0.322 e. The number of nitro benzene ring substituents is 1. The minimum atomic E-state index is -0.473. The number of hydrogen-bond donors (Lipinski definition) is 1. The van der Waals surface area contributed by atoms with E-state index in [4.69, 9.17) is 0 Å². The molecule has 106 valence electrons. The lowest BCUT2D eigenvalue weighted by molar-refractivity contribution is -0.384. The largest absolute Gasteiger partial charge is 0.322 e. The first kappa shape index (κ1) is 14.9. The first-order valence-corrected chi connectivity index (χ1v) is 6.83. The number of amides is 1. The number of nitro groups is 1. The van der Waals surface area contributed by atoms with Crippen LogP contribution in [0.2, 0.25) is 0 Å². The van der Waals surface area contributed by atoms with E-state index in [2.05, 4.69) is 21.2 Å². The van der Waals surface area contributed by atoms with Crippen molar-refractivity contribution in [2.45, 2.75) is 0 Å². The van der Waals surface area contributed by atoms with Gasteiger partial charge in [-0.25, -0.2) is 0 Å². The van der Waals surface area contributed by atoms with Crippen LogP contribution < -0.4 is 5.32 Å². The molecule has 0 fully saturated rings. The molecule has 1 N–H and O–H groups in total. The average molecular weight is 347 g/mol. The van der Waals surface area contributed by atoms with E-state index in [1.165, 1.54) is 24.3 Å². The second kappa shape index (κ2) is 6.81. The number of non-ortho nitro benzene ring substituents is 1. The van der Waals surface area contributed by atoms with Gasteiger partial charge in [-0.2, -0.15) is 0 Å². The monoisotopic (exact) mass is 346 g/mol. The van der Waals surface area contributed by atoms with Gasteiger partial charge in [-0.05, 0) is 29.8 Å². The summed E-state index contributed by atoms with van der Waals surface area (Å²) in [6.45, 7) is 0. The standard InChI is InChI=1S/C15H11BrN2O3/c16-12-4-2-5-13(10-12)17-15(19)8-7-11-3-1-6-14(9-11)18(20)21/h1-10H,(H,17,19)/b8-7+. The summed E-state index contributed by atoms with van der Waals surface area (Å²) in [5.41, 5.74) is 1.25. The predicted molar refractivity (Wildman–Crippen MR) is 84.9 cm³/mol. The molecule has 0 saturated carbocycles. The zero-order chi connectivity index (χ0) is 15.2. The number of hydrogen-bond acceptors (Lipinski definition) is 3. The number of rotatable bonds is 4. The Labute approximate surface area is 129 Å². The van der Waals surface area contributed by atoms with Crippen LogP contribution in [0.4, 0.5) is 11.4 Å². The third-order valence-corrected chi connectivity index (χ3v) is 3.09. The highest BCUT2D eigenvalue weighted by Crippen LogP contribution is 2.16. The SMILES string of the molecule is O=C(/C=C/c1cccc([N+](=O)[O-])c1)Nc1cccc(Br)c1. The van der Waals surface area contributed by atoms with Crippen LogP contribution in [0.15, 0.2) is 59.1 Å². The molecule has 0 radical (unpaired) electrons. The summed E-state index contributed by atoms with van der Waals surface area (Å²) < 4.78 is 0.864. The maximum absolute atomic E-state index is 11.8. The number of nitrogens with one attached hydrogen (secondary N) is 1. The molecular formula is C15H11BrN2O3. The van der Waals surface area contributed by atoms with Crippen molar-refractivity contribution in [3.05, 3.63) is 74.8 Å².